The van der Waals surface area contributed by atoms with Gasteiger partial charge < -0.3 is 5.32 Å². The Morgan fingerprint density at radius 2 is 1.74 bits per heavy atom. The maximum Gasteiger partial charge on any atom is 0.416 e. The Morgan fingerprint density at radius 1 is 1.07 bits per heavy atom. The van der Waals surface area contributed by atoms with Gasteiger partial charge in [0, 0.05) is 0 Å². The molecule has 0 spiro atoms. The summed E-state index contributed by atoms with van der Waals surface area (Å²) in [5.41, 5.74) is -1.63. The number of alkyl halides is 3. The van der Waals surface area contributed by atoms with Crippen LogP contribution in [-0.4, -0.2) is 16.8 Å². The third kappa shape index (κ3) is 3.39. The Kier molecular flexibility index (Phi) is 4.67. The maximum atomic E-state index is 13.2. The fraction of sp³-hybridized carbons (Fsp3) is 0.263. The lowest BCUT2D eigenvalue weighted by Crippen LogP contribution is -2.43. The van der Waals surface area contributed by atoms with Gasteiger partial charge in [0.05, 0.1) is 12.1 Å². The molecule has 1 fully saturated rings. The van der Waals surface area contributed by atoms with Crippen LogP contribution in [0.25, 0.3) is 0 Å². The summed E-state index contributed by atoms with van der Waals surface area (Å²) in [6, 6.07) is 8.94. The first-order valence-electron chi connectivity index (χ1n) is 8.23. The molecule has 4 nitrogen and oxygen atoms in total. The van der Waals surface area contributed by atoms with Crippen molar-refractivity contribution < 1.29 is 27.2 Å². The molecule has 1 atom stereocenters. The van der Waals surface area contributed by atoms with Crippen LogP contribution in [0.2, 0.25) is 0 Å². The Balaban J connectivity index is 1.91. The molecule has 0 saturated carbocycles. The van der Waals surface area contributed by atoms with Crippen LogP contribution in [0.5, 0.6) is 0 Å². The molecular formula is C19H16F4N2O2. The molecule has 0 radical (unpaired) electrons. The lowest BCUT2D eigenvalue weighted by atomic mass is 9.87. The van der Waals surface area contributed by atoms with Gasteiger partial charge in [-0.15, -0.1) is 0 Å². The average Bonchev–Trinajstić information content (AvgIpc) is 2.87. The van der Waals surface area contributed by atoms with Crippen molar-refractivity contribution >= 4 is 11.9 Å². The summed E-state index contributed by atoms with van der Waals surface area (Å²) >= 11 is 0. The van der Waals surface area contributed by atoms with Crippen molar-refractivity contribution in [3.8, 4) is 0 Å². The molecule has 1 heterocycles. The summed E-state index contributed by atoms with van der Waals surface area (Å²) in [4.78, 5) is 26.2. The molecule has 27 heavy (non-hydrogen) atoms. The van der Waals surface area contributed by atoms with Gasteiger partial charge in [0.15, 0.2) is 0 Å². The van der Waals surface area contributed by atoms with Crippen LogP contribution in [-0.2, 0) is 23.1 Å². The van der Waals surface area contributed by atoms with Crippen LogP contribution in [0.1, 0.15) is 30.0 Å². The van der Waals surface area contributed by atoms with Gasteiger partial charge in [-0.25, -0.2) is 9.18 Å². The number of imide groups is 1. The van der Waals surface area contributed by atoms with Gasteiger partial charge in [-0.05, 0) is 41.8 Å². The Morgan fingerprint density at radius 3 is 2.33 bits per heavy atom. The minimum absolute atomic E-state index is 0.180. The molecule has 1 aliphatic heterocycles. The van der Waals surface area contributed by atoms with E-state index < -0.39 is 35.0 Å². The number of hydrogen-bond acceptors (Lipinski definition) is 2. The van der Waals surface area contributed by atoms with Gasteiger partial charge in [0.2, 0.25) is 0 Å². The average molecular weight is 380 g/mol. The lowest BCUT2D eigenvalue weighted by Gasteiger charge is -2.25. The van der Waals surface area contributed by atoms with Gasteiger partial charge in [0.25, 0.3) is 5.91 Å². The first-order valence-corrected chi connectivity index (χ1v) is 8.23. The summed E-state index contributed by atoms with van der Waals surface area (Å²) in [6.07, 6.45) is -4.31. The fourth-order valence-corrected chi connectivity index (χ4v) is 3.17. The van der Waals surface area contributed by atoms with Crippen molar-refractivity contribution in [3.63, 3.8) is 0 Å². The van der Waals surface area contributed by atoms with Gasteiger partial charge in [-0.3, -0.25) is 9.69 Å². The van der Waals surface area contributed by atoms with E-state index in [2.05, 4.69) is 5.32 Å². The van der Waals surface area contributed by atoms with E-state index in [1.165, 1.54) is 36.4 Å². The predicted molar refractivity (Wildman–Crippen MR) is 88.9 cm³/mol. The topological polar surface area (TPSA) is 49.4 Å². The predicted octanol–water partition coefficient (Wildman–Crippen LogP) is 4.20. The molecule has 1 saturated heterocycles. The minimum atomic E-state index is -4.52. The van der Waals surface area contributed by atoms with E-state index in [-0.39, 0.29) is 18.5 Å². The molecular weight excluding hydrogens is 364 g/mol. The number of carbonyl (C=O) groups is 2. The van der Waals surface area contributed by atoms with Crippen molar-refractivity contribution in [2.24, 2.45) is 0 Å². The third-order valence-electron chi connectivity index (χ3n) is 4.64. The molecule has 3 amide bonds. The maximum absolute atomic E-state index is 13.2. The van der Waals surface area contributed by atoms with E-state index in [0.717, 1.165) is 17.0 Å². The molecule has 0 bridgehead atoms. The molecule has 8 heteroatoms. The van der Waals surface area contributed by atoms with E-state index in [0.29, 0.717) is 5.56 Å². The van der Waals surface area contributed by atoms with Gasteiger partial charge in [0.1, 0.15) is 11.4 Å². The number of carbonyl (C=O) groups excluding carboxylic acids is 2. The van der Waals surface area contributed by atoms with Crippen LogP contribution in [0.4, 0.5) is 22.4 Å². The minimum Gasteiger partial charge on any atom is -0.319 e. The smallest absolute Gasteiger partial charge is 0.319 e. The zero-order valence-electron chi connectivity index (χ0n) is 14.3. The van der Waals surface area contributed by atoms with Crippen molar-refractivity contribution in [3.05, 3.63) is 71.0 Å². The summed E-state index contributed by atoms with van der Waals surface area (Å²) in [7, 11) is 0. The van der Waals surface area contributed by atoms with E-state index >= 15 is 0 Å². The zero-order chi connectivity index (χ0) is 19.8. The Bertz CT molecular complexity index is 880. The molecule has 0 aromatic heterocycles. The quantitative estimate of drug-likeness (QED) is 0.638. The first kappa shape index (κ1) is 18.9. The molecule has 3 rings (SSSR count). The molecule has 1 N–H and O–H groups in total. The second kappa shape index (κ2) is 6.68. The van der Waals surface area contributed by atoms with E-state index in [1.54, 1.807) is 6.92 Å². The number of urea groups is 1. The highest BCUT2D eigenvalue weighted by Crippen LogP contribution is 2.34. The summed E-state index contributed by atoms with van der Waals surface area (Å²) in [5.74, 6) is -1.07. The van der Waals surface area contributed by atoms with Crippen LogP contribution in [0.3, 0.4) is 0 Å². The van der Waals surface area contributed by atoms with Crippen molar-refractivity contribution in [2.45, 2.75) is 31.6 Å². The van der Waals surface area contributed by atoms with E-state index in [1.807, 2.05) is 0 Å². The second-order valence-electron chi connectivity index (χ2n) is 6.29. The number of halogens is 4. The van der Waals surface area contributed by atoms with Crippen LogP contribution in [0.15, 0.2) is 48.5 Å². The van der Waals surface area contributed by atoms with Gasteiger partial charge in [-0.2, -0.15) is 13.2 Å². The Hall–Kier alpha value is -2.90. The van der Waals surface area contributed by atoms with Crippen molar-refractivity contribution in [1.29, 1.82) is 0 Å². The molecule has 2 aromatic carbocycles. The molecule has 142 valence electrons. The normalized spacial score (nSPS) is 20.1. The van der Waals surface area contributed by atoms with Crippen molar-refractivity contribution in [2.75, 3.05) is 0 Å². The number of rotatable bonds is 4. The van der Waals surface area contributed by atoms with Crippen LogP contribution < -0.4 is 5.32 Å². The summed E-state index contributed by atoms with van der Waals surface area (Å²) in [6.45, 7) is 1.40. The van der Waals surface area contributed by atoms with Crippen LogP contribution >= 0.6 is 0 Å². The SMILES string of the molecule is CC[C@@]1(c2ccc(F)cc2)NC(=O)N(Cc2cccc(C(F)(F)F)c2)C1=O. The second-order valence-corrected chi connectivity index (χ2v) is 6.29. The monoisotopic (exact) mass is 380 g/mol. The Labute approximate surface area is 152 Å². The van der Waals surface area contributed by atoms with Gasteiger partial charge >= 0.3 is 12.2 Å². The standard InChI is InChI=1S/C19H16F4N2O2/c1-2-18(13-6-8-15(20)9-7-13)16(26)25(17(27)24-18)11-12-4-3-5-14(10-12)19(21,22)23/h3-10H,2,11H2,1H3,(H,24,27)/t18-/m0/s1. The van der Waals surface area contributed by atoms with Gasteiger partial charge in [-0.1, -0.05) is 31.2 Å². The highest BCUT2D eigenvalue weighted by Gasteiger charge is 2.51. The number of nitrogens with zero attached hydrogens (tertiary/aromatic N) is 1. The zero-order valence-corrected chi connectivity index (χ0v) is 14.3. The van der Waals surface area contributed by atoms with E-state index in [9.17, 15) is 27.2 Å². The largest absolute Gasteiger partial charge is 0.416 e. The van der Waals surface area contributed by atoms with E-state index in [4.69, 9.17) is 0 Å². The number of amides is 3. The lowest BCUT2D eigenvalue weighted by molar-refractivity contribution is -0.137. The number of nitrogens with one attached hydrogen (secondary N) is 1. The molecule has 2 aromatic rings. The third-order valence-corrected chi connectivity index (χ3v) is 4.64. The number of benzene rings is 2. The summed E-state index contributed by atoms with van der Waals surface area (Å²) in [5, 5.41) is 2.61. The fourth-order valence-electron chi connectivity index (χ4n) is 3.17. The number of hydrogen-bond donors (Lipinski definition) is 1. The first-order chi connectivity index (χ1) is 12.7. The van der Waals surface area contributed by atoms with Crippen LogP contribution in [0, 0.1) is 5.82 Å². The highest BCUT2D eigenvalue weighted by atomic mass is 19.4. The van der Waals surface area contributed by atoms with Crippen molar-refractivity contribution in [1.82, 2.24) is 10.2 Å². The molecule has 0 unspecified atom stereocenters. The summed E-state index contributed by atoms with van der Waals surface area (Å²) < 4.78 is 51.8. The highest BCUT2D eigenvalue weighted by molar-refractivity contribution is 6.07. The molecule has 1 aliphatic rings. The molecule has 0 aliphatic carbocycles.